The maximum absolute atomic E-state index is 13.2. The Morgan fingerprint density at radius 3 is 1.20 bits per heavy atom. The summed E-state index contributed by atoms with van der Waals surface area (Å²) in [6.07, 6.45) is 30.9. The molecule has 0 saturated carbocycles. The molecule has 0 aliphatic heterocycles. The number of carbonyl (C=O) groups excluding carboxylic acids is 1. The number of rotatable bonds is 32. The van der Waals surface area contributed by atoms with E-state index in [9.17, 15) is 17.8 Å². The van der Waals surface area contributed by atoms with Gasteiger partial charge in [0.05, 0.1) is 6.61 Å². The van der Waals surface area contributed by atoms with E-state index in [0.717, 1.165) is 44.9 Å². The molecule has 6 nitrogen and oxygen atoms in total. The van der Waals surface area contributed by atoms with Crippen LogP contribution in [0.4, 0.5) is 0 Å². The van der Waals surface area contributed by atoms with Crippen LogP contribution >= 0.6 is 0 Å². The van der Waals surface area contributed by atoms with Crippen LogP contribution in [0.25, 0.3) is 0 Å². The molecule has 7 heteroatoms. The minimum atomic E-state index is -4.78. The van der Waals surface area contributed by atoms with E-state index in [1.807, 2.05) is 6.92 Å². The molecular formula is C34H68O6S. The third kappa shape index (κ3) is 25.5. The minimum absolute atomic E-state index is 0.234. The van der Waals surface area contributed by atoms with Gasteiger partial charge < -0.3 is 4.74 Å². The van der Waals surface area contributed by atoms with Gasteiger partial charge in [-0.1, -0.05) is 175 Å². The van der Waals surface area contributed by atoms with E-state index in [0.29, 0.717) is 12.8 Å². The zero-order valence-corrected chi connectivity index (χ0v) is 28.2. The van der Waals surface area contributed by atoms with E-state index in [-0.39, 0.29) is 19.4 Å². The average molecular weight is 605 g/mol. The monoisotopic (exact) mass is 604 g/mol. The van der Waals surface area contributed by atoms with Crippen LogP contribution in [0.3, 0.4) is 0 Å². The van der Waals surface area contributed by atoms with Crippen LogP contribution in [0.1, 0.15) is 201 Å². The molecule has 0 aromatic heterocycles. The van der Waals surface area contributed by atoms with Crippen LogP contribution in [-0.2, 0) is 24.1 Å². The molecule has 0 aliphatic rings. The fourth-order valence-corrected chi connectivity index (χ4v) is 6.24. The molecule has 1 unspecified atom stereocenters. The molecule has 1 atom stereocenters. The first-order valence-corrected chi connectivity index (χ1v) is 19.0. The lowest BCUT2D eigenvalue weighted by Crippen LogP contribution is -2.44. The molecule has 0 saturated heterocycles. The molecule has 41 heavy (non-hydrogen) atoms. The summed E-state index contributed by atoms with van der Waals surface area (Å²) in [6.45, 7) is 6.73. The van der Waals surface area contributed by atoms with E-state index in [1.54, 1.807) is 0 Å². The van der Waals surface area contributed by atoms with Gasteiger partial charge in [-0.15, -0.1) is 0 Å². The summed E-state index contributed by atoms with van der Waals surface area (Å²) >= 11 is 0. The number of hydrogen-bond acceptors (Lipinski definition) is 5. The summed E-state index contributed by atoms with van der Waals surface area (Å²) in [5.74, 6) is -0.644. The highest BCUT2D eigenvalue weighted by atomic mass is 32.3. The van der Waals surface area contributed by atoms with Gasteiger partial charge >= 0.3 is 16.4 Å². The lowest BCUT2D eigenvalue weighted by atomic mass is 9.90. The number of ether oxygens (including phenoxy) is 1. The Kier molecular flexibility index (Phi) is 27.7. The fraction of sp³-hybridized carbons (Fsp3) is 0.971. The smallest absolute Gasteiger partial charge is 0.398 e. The van der Waals surface area contributed by atoms with Crippen molar-refractivity contribution in [1.82, 2.24) is 0 Å². The van der Waals surface area contributed by atoms with Crippen LogP contribution < -0.4 is 0 Å². The zero-order chi connectivity index (χ0) is 30.5. The van der Waals surface area contributed by atoms with Gasteiger partial charge in [0.2, 0.25) is 0 Å². The predicted molar refractivity (Wildman–Crippen MR) is 173 cm³/mol. The third-order valence-electron chi connectivity index (χ3n) is 8.24. The Hall–Kier alpha value is -0.660. The lowest BCUT2D eigenvalue weighted by molar-refractivity contribution is -0.164. The van der Waals surface area contributed by atoms with Gasteiger partial charge in [-0.3, -0.25) is 4.55 Å². The maximum atomic E-state index is 13.2. The number of esters is 1. The zero-order valence-electron chi connectivity index (χ0n) is 27.4. The molecule has 0 amide bonds. The van der Waals surface area contributed by atoms with Crippen LogP contribution in [0.2, 0.25) is 0 Å². The molecule has 0 heterocycles. The molecule has 0 aromatic rings. The van der Waals surface area contributed by atoms with Crippen LogP contribution in [0.15, 0.2) is 0 Å². The molecule has 0 aromatic carbocycles. The van der Waals surface area contributed by atoms with Crippen molar-refractivity contribution in [1.29, 1.82) is 0 Å². The van der Waals surface area contributed by atoms with E-state index in [1.165, 1.54) is 109 Å². The van der Waals surface area contributed by atoms with Gasteiger partial charge in [0.25, 0.3) is 0 Å². The van der Waals surface area contributed by atoms with E-state index >= 15 is 0 Å². The van der Waals surface area contributed by atoms with Crippen molar-refractivity contribution >= 4 is 16.4 Å². The molecule has 0 aliphatic carbocycles. The van der Waals surface area contributed by atoms with Crippen molar-refractivity contribution in [3.8, 4) is 0 Å². The average Bonchev–Trinajstić information content (AvgIpc) is 2.93. The number of hydrogen-bond donors (Lipinski definition) is 1. The molecule has 0 bridgehead atoms. The molecule has 1 N–H and O–H groups in total. The van der Waals surface area contributed by atoms with Crippen molar-refractivity contribution in [2.24, 2.45) is 0 Å². The molecular weight excluding hydrogens is 536 g/mol. The maximum Gasteiger partial charge on any atom is 0.398 e. The number of unbranched alkanes of at least 4 members (excludes halogenated alkanes) is 23. The second kappa shape index (κ2) is 28.1. The second-order valence-corrected chi connectivity index (χ2v) is 13.3. The van der Waals surface area contributed by atoms with Gasteiger partial charge in [-0.2, -0.15) is 8.42 Å². The van der Waals surface area contributed by atoms with Crippen molar-refractivity contribution in [3.05, 3.63) is 0 Å². The third-order valence-corrected chi connectivity index (χ3v) is 8.77. The predicted octanol–water partition coefficient (Wildman–Crippen LogP) is 11.1. The molecule has 0 fully saturated rings. The number of carbonyl (C=O) groups is 1. The van der Waals surface area contributed by atoms with E-state index in [4.69, 9.17) is 8.92 Å². The quantitative estimate of drug-likeness (QED) is 0.0466. The van der Waals surface area contributed by atoms with E-state index < -0.39 is 22.0 Å². The first kappa shape index (κ1) is 40.3. The first-order valence-electron chi connectivity index (χ1n) is 17.7. The minimum Gasteiger partial charge on any atom is -0.464 e. The highest BCUT2D eigenvalue weighted by molar-refractivity contribution is 7.81. The van der Waals surface area contributed by atoms with Gasteiger partial charge in [-0.25, -0.2) is 8.98 Å². The molecule has 246 valence electrons. The van der Waals surface area contributed by atoms with Crippen LogP contribution in [-0.4, -0.2) is 31.1 Å². The summed E-state index contributed by atoms with van der Waals surface area (Å²) in [5, 5.41) is 0. The summed E-state index contributed by atoms with van der Waals surface area (Å²) in [4.78, 5) is 13.2. The van der Waals surface area contributed by atoms with Gasteiger partial charge in [0, 0.05) is 0 Å². The Bertz CT molecular complexity index is 681. The van der Waals surface area contributed by atoms with Crippen molar-refractivity contribution in [3.63, 3.8) is 0 Å². The largest absolute Gasteiger partial charge is 0.464 e. The summed E-state index contributed by atoms with van der Waals surface area (Å²) < 4.78 is 43.6. The first-order chi connectivity index (χ1) is 19.8. The second-order valence-electron chi connectivity index (χ2n) is 12.3. The topological polar surface area (TPSA) is 89.9 Å². The van der Waals surface area contributed by atoms with Crippen LogP contribution in [0.5, 0.6) is 0 Å². The normalized spacial score (nSPS) is 13.4. The highest BCUT2D eigenvalue weighted by Crippen LogP contribution is 2.30. The SMILES string of the molecule is CCCCCCCCCCCCCCCCOC(=O)C(CCCC)(CCCCCCCCCCCC)OS(=O)(=O)O. The van der Waals surface area contributed by atoms with Crippen LogP contribution in [0, 0.1) is 0 Å². The summed E-state index contributed by atoms with van der Waals surface area (Å²) in [6, 6.07) is 0. The lowest BCUT2D eigenvalue weighted by Gasteiger charge is -2.29. The Labute approximate surface area is 255 Å². The van der Waals surface area contributed by atoms with Gasteiger partial charge in [0.1, 0.15) is 0 Å². The van der Waals surface area contributed by atoms with Crippen molar-refractivity contribution in [2.75, 3.05) is 6.61 Å². The molecule has 0 rings (SSSR count). The fourth-order valence-electron chi connectivity index (χ4n) is 5.60. The Morgan fingerprint density at radius 2 is 0.829 bits per heavy atom. The Balaban J connectivity index is 4.32. The highest BCUT2D eigenvalue weighted by Gasteiger charge is 2.44. The molecule has 0 spiro atoms. The van der Waals surface area contributed by atoms with Gasteiger partial charge in [-0.05, 0) is 25.7 Å². The van der Waals surface area contributed by atoms with E-state index in [2.05, 4.69) is 13.8 Å². The van der Waals surface area contributed by atoms with Gasteiger partial charge in [0.15, 0.2) is 5.60 Å². The Morgan fingerprint density at radius 1 is 0.512 bits per heavy atom. The standard InChI is InChI=1S/C34H68O6S/c1-4-7-10-12-14-16-18-19-20-21-23-25-27-29-32-39-33(35)34(30-9-6-3,40-41(36,37)38)31-28-26-24-22-17-15-13-11-8-5-2/h4-32H2,1-3H3,(H,36,37,38). The van der Waals surface area contributed by atoms with Crippen molar-refractivity contribution in [2.45, 2.75) is 206 Å². The molecule has 0 radical (unpaired) electrons. The summed E-state index contributed by atoms with van der Waals surface area (Å²) in [5.41, 5.74) is -1.63. The van der Waals surface area contributed by atoms with Crippen molar-refractivity contribution < 1.29 is 26.7 Å². The summed E-state index contributed by atoms with van der Waals surface area (Å²) in [7, 11) is -4.78.